The number of rotatable bonds is 6. The second-order valence-electron chi connectivity index (χ2n) is 10.4. The molecule has 8 heteroatoms. The minimum absolute atomic E-state index is 0.105. The Hall–Kier alpha value is -3.52. The van der Waals surface area contributed by atoms with Crippen LogP contribution in [-0.4, -0.2) is 63.6 Å². The van der Waals surface area contributed by atoms with E-state index >= 15 is 0 Å². The Bertz CT molecular complexity index is 1290. The van der Waals surface area contributed by atoms with Gasteiger partial charge in [-0.25, -0.2) is 4.79 Å². The molecule has 2 aliphatic rings. The highest BCUT2D eigenvalue weighted by molar-refractivity contribution is 6.05. The molecule has 2 aromatic carbocycles. The van der Waals surface area contributed by atoms with Crippen LogP contribution in [-0.2, 0) is 17.6 Å². The summed E-state index contributed by atoms with van der Waals surface area (Å²) in [6, 6.07) is 11.7. The van der Waals surface area contributed by atoms with Crippen molar-refractivity contribution in [2.24, 2.45) is 0 Å². The molecule has 0 spiro atoms. The molecule has 2 atom stereocenters. The summed E-state index contributed by atoms with van der Waals surface area (Å²) in [4.78, 5) is 33.8. The average Bonchev–Trinajstić information content (AvgIpc) is 3.28. The summed E-state index contributed by atoms with van der Waals surface area (Å²) >= 11 is 0. The Morgan fingerprint density at radius 1 is 1.17 bits per heavy atom. The number of fused-ring (bicyclic) bond motifs is 4. The highest BCUT2D eigenvalue weighted by atomic mass is 16.5. The number of aromatic hydroxyl groups is 1. The number of carbonyl (C=O) groups excluding carboxylic acids is 2. The number of aromatic nitrogens is 1. The van der Waals surface area contributed by atoms with Crippen molar-refractivity contribution in [2.75, 3.05) is 20.2 Å². The first-order chi connectivity index (χ1) is 16.7. The molecule has 1 saturated heterocycles. The minimum atomic E-state index is -0.558. The number of aromatic amines is 1. The lowest BCUT2D eigenvalue weighted by Crippen LogP contribution is -2.44. The number of phenolic OH excluding ortho intramolecular Hbond substituents is 1. The summed E-state index contributed by atoms with van der Waals surface area (Å²) in [7, 11) is 1.63. The Kier molecular flexibility index (Phi) is 5.71. The molecule has 2 aliphatic heterocycles. The number of benzene rings is 2. The molecule has 1 fully saturated rings. The quantitative estimate of drug-likeness (QED) is 0.471. The van der Waals surface area contributed by atoms with Gasteiger partial charge in [-0.05, 0) is 68.7 Å². The van der Waals surface area contributed by atoms with Gasteiger partial charge in [-0.1, -0.05) is 12.1 Å². The summed E-state index contributed by atoms with van der Waals surface area (Å²) < 4.78 is 5.44. The SMILES string of the molecule is COc1ccc2[nH]c3c(c2c1)C[C@H]1C(=O)N(CCNC(C)(C)C)C(=O)N1C3Cc1cccc(O)c1. The number of phenols is 1. The van der Waals surface area contributed by atoms with Crippen molar-refractivity contribution in [3.8, 4) is 11.5 Å². The molecule has 35 heavy (non-hydrogen) atoms. The fraction of sp³-hybridized carbons (Fsp3) is 0.407. The molecule has 5 rings (SSSR count). The van der Waals surface area contributed by atoms with Gasteiger partial charge < -0.3 is 25.0 Å². The largest absolute Gasteiger partial charge is 0.508 e. The average molecular weight is 477 g/mol. The van der Waals surface area contributed by atoms with E-state index in [0.29, 0.717) is 25.9 Å². The molecule has 0 saturated carbocycles. The van der Waals surface area contributed by atoms with E-state index in [2.05, 4.69) is 31.1 Å². The van der Waals surface area contributed by atoms with Crippen LogP contribution in [0.15, 0.2) is 42.5 Å². The standard InChI is InChI=1S/C27H32N4O4/c1-27(2,3)28-10-11-30-25(33)23-15-20-19-14-18(35-4)8-9-21(19)29-24(20)22(31(23)26(30)34)13-16-6-5-7-17(32)12-16/h5-9,12,14,22-23,28-29,32H,10-11,13,15H2,1-4H3/t22?,23-/m0/s1. The number of urea groups is 1. The minimum Gasteiger partial charge on any atom is -0.508 e. The van der Waals surface area contributed by atoms with Crippen molar-refractivity contribution < 1.29 is 19.4 Å². The van der Waals surface area contributed by atoms with Gasteiger partial charge in [0.05, 0.1) is 13.2 Å². The van der Waals surface area contributed by atoms with E-state index in [1.165, 1.54) is 4.90 Å². The molecule has 3 heterocycles. The number of nitrogens with one attached hydrogen (secondary N) is 2. The fourth-order valence-corrected chi connectivity index (χ4v) is 5.27. The van der Waals surface area contributed by atoms with Gasteiger partial charge in [0.25, 0.3) is 5.91 Å². The number of imide groups is 1. The van der Waals surface area contributed by atoms with Gasteiger partial charge in [-0.2, -0.15) is 0 Å². The van der Waals surface area contributed by atoms with Crippen LogP contribution >= 0.6 is 0 Å². The van der Waals surface area contributed by atoms with Crippen molar-refractivity contribution in [1.82, 2.24) is 20.1 Å². The van der Waals surface area contributed by atoms with Gasteiger partial charge in [-0.15, -0.1) is 0 Å². The number of carbonyl (C=O) groups is 2. The predicted molar refractivity (Wildman–Crippen MR) is 134 cm³/mol. The summed E-state index contributed by atoms with van der Waals surface area (Å²) in [5, 5.41) is 14.4. The van der Waals surface area contributed by atoms with Crippen LogP contribution in [0.3, 0.4) is 0 Å². The number of amides is 3. The third-order valence-electron chi connectivity index (χ3n) is 6.88. The molecule has 8 nitrogen and oxygen atoms in total. The highest BCUT2D eigenvalue weighted by Gasteiger charge is 2.51. The van der Waals surface area contributed by atoms with Crippen molar-refractivity contribution in [3.05, 3.63) is 59.3 Å². The first kappa shape index (κ1) is 23.2. The summed E-state index contributed by atoms with van der Waals surface area (Å²) in [5.41, 5.74) is 3.71. The van der Waals surface area contributed by atoms with E-state index in [1.807, 2.05) is 24.3 Å². The maximum Gasteiger partial charge on any atom is 0.328 e. The number of methoxy groups -OCH3 is 1. The van der Waals surface area contributed by atoms with Crippen LogP contribution in [0.5, 0.6) is 11.5 Å². The van der Waals surface area contributed by atoms with Gasteiger partial charge in [-0.3, -0.25) is 9.69 Å². The molecule has 184 valence electrons. The van der Waals surface area contributed by atoms with E-state index in [0.717, 1.165) is 33.5 Å². The van der Waals surface area contributed by atoms with Crippen molar-refractivity contribution >= 4 is 22.8 Å². The molecule has 3 aromatic rings. The van der Waals surface area contributed by atoms with Gasteiger partial charge in [0, 0.05) is 41.6 Å². The number of ether oxygens (including phenoxy) is 1. The Balaban J connectivity index is 1.54. The molecular formula is C27H32N4O4. The van der Waals surface area contributed by atoms with Gasteiger partial charge >= 0.3 is 6.03 Å². The van der Waals surface area contributed by atoms with Gasteiger partial charge in [0.2, 0.25) is 0 Å². The van der Waals surface area contributed by atoms with Crippen LogP contribution < -0.4 is 10.1 Å². The fourth-order valence-electron chi connectivity index (χ4n) is 5.27. The molecule has 0 radical (unpaired) electrons. The molecular weight excluding hydrogens is 444 g/mol. The number of hydrogen-bond donors (Lipinski definition) is 3. The maximum atomic E-state index is 13.6. The zero-order valence-corrected chi connectivity index (χ0v) is 20.6. The van der Waals surface area contributed by atoms with Crippen molar-refractivity contribution in [2.45, 2.75) is 51.2 Å². The monoisotopic (exact) mass is 476 g/mol. The lowest BCUT2D eigenvalue weighted by atomic mass is 9.89. The number of hydrogen-bond acceptors (Lipinski definition) is 5. The van der Waals surface area contributed by atoms with E-state index in [4.69, 9.17) is 4.74 Å². The molecule has 1 aromatic heterocycles. The predicted octanol–water partition coefficient (Wildman–Crippen LogP) is 3.74. The number of nitrogens with zero attached hydrogens (tertiary/aromatic N) is 2. The molecule has 0 aliphatic carbocycles. The summed E-state index contributed by atoms with van der Waals surface area (Å²) in [6.45, 7) is 7.02. The number of H-pyrrole nitrogens is 1. The normalized spacial score (nSPS) is 19.9. The van der Waals surface area contributed by atoms with Crippen LogP contribution in [0.4, 0.5) is 4.79 Å². The first-order valence-corrected chi connectivity index (χ1v) is 12.0. The second-order valence-corrected chi connectivity index (χ2v) is 10.4. The lowest BCUT2D eigenvalue weighted by molar-refractivity contribution is -0.128. The van der Waals surface area contributed by atoms with Gasteiger partial charge in [0.15, 0.2) is 0 Å². The molecule has 0 bridgehead atoms. The van der Waals surface area contributed by atoms with E-state index in [1.54, 1.807) is 30.2 Å². The zero-order chi connectivity index (χ0) is 24.9. The third kappa shape index (κ3) is 4.23. The van der Waals surface area contributed by atoms with Crippen LogP contribution in [0.2, 0.25) is 0 Å². The summed E-state index contributed by atoms with van der Waals surface area (Å²) in [5.74, 6) is 0.764. The van der Waals surface area contributed by atoms with Crippen LogP contribution in [0, 0.1) is 0 Å². The third-order valence-corrected chi connectivity index (χ3v) is 6.88. The van der Waals surface area contributed by atoms with Gasteiger partial charge in [0.1, 0.15) is 17.5 Å². The zero-order valence-electron chi connectivity index (χ0n) is 20.6. The second kappa shape index (κ2) is 8.61. The lowest BCUT2D eigenvalue weighted by Gasteiger charge is -2.36. The van der Waals surface area contributed by atoms with E-state index in [-0.39, 0.29) is 29.3 Å². The van der Waals surface area contributed by atoms with E-state index < -0.39 is 6.04 Å². The topological polar surface area (TPSA) is 97.9 Å². The van der Waals surface area contributed by atoms with Crippen molar-refractivity contribution in [1.29, 1.82) is 0 Å². The maximum absolute atomic E-state index is 13.6. The van der Waals surface area contributed by atoms with Crippen LogP contribution in [0.25, 0.3) is 10.9 Å². The Labute approximate surface area is 204 Å². The molecule has 3 N–H and O–H groups in total. The highest BCUT2D eigenvalue weighted by Crippen LogP contribution is 2.43. The van der Waals surface area contributed by atoms with Crippen molar-refractivity contribution in [3.63, 3.8) is 0 Å². The molecule has 1 unspecified atom stereocenters. The molecule has 3 amide bonds. The Morgan fingerprint density at radius 3 is 2.69 bits per heavy atom. The smallest absolute Gasteiger partial charge is 0.328 e. The first-order valence-electron chi connectivity index (χ1n) is 12.0. The van der Waals surface area contributed by atoms with Crippen LogP contribution in [0.1, 0.15) is 43.6 Å². The Morgan fingerprint density at radius 2 is 1.97 bits per heavy atom. The van der Waals surface area contributed by atoms with E-state index in [9.17, 15) is 14.7 Å². The summed E-state index contributed by atoms with van der Waals surface area (Å²) in [6.07, 6.45) is 0.932.